The first-order chi connectivity index (χ1) is 20.1. The van der Waals surface area contributed by atoms with Crippen LogP contribution in [0.4, 0.5) is 5.69 Å². The number of aromatic nitrogens is 1. The molecule has 2 saturated heterocycles. The maximum Gasteiger partial charge on any atom is 0.272 e. The van der Waals surface area contributed by atoms with Gasteiger partial charge in [0.1, 0.15) is 34.1 Å². The number of ketones is 1. The Hall–Kier alpha value is -3.90. The van der Waals surface area contributed by atoms with Gasteiger partial charge in [-0.25, -0.2) is 13.4 Å². The second-order valence-corrected chi connectivity index (χ2v) is 13.1. The number of likely N-dealkylation sites (tertiary alicyclic amines) is 1. The molecule has 3 aliphatic heterocycles. The number of carbonyl (C=O) groups is 2. The Balaban J connectivity index is 1.15. The number of carbonyl (C=O) groups excluding carboxylic acids is 2. The van der Waals surface area contributed by atoms with E-state index < -0.39 is 15.6 Å². The van der Waals surface area contributed by atoms with Gasteiger partial charge in [-0.1, -0.05) is 6.07 Å². The van der Waals surface area contributed by atoms with Gasteiger partial charge in [0.25, 0.3) is 5.91 Å². The standard InChI is InChI=1S/C30H34N4O7S/c1-39-26-6-4-5-21-27(40-2)18-23(31-28(21)26)29(36)33-11-9-30(10-12-33)19-24(35)22-17-20(7-8-25(22)41-30)32-13-15-34(16-14-32)42(3,37)38/h4-8,17-18H,9-16,19H2,1-3H3. The number of hydrogen-bond donors (Lipinski definition) is 0. The highest BCUT2D eigenvalue weighted by Crippen LogP contribution is 2.41. The van der Waals surface area contributed by atoms with Crippen molar-refractivity contribution in [1.82, 2.24) is 14.2 Å². The molecule has 0 saturated carbocycles. The molecule has 42 heavy (non-hydrogen) atoms. The molecule has 0 unspecified atom stereocenters. The zero-order chi connectivity index (χ0) is 29.6. The number of piperazine rings is 1. The first kappa shape index (κ1) is 28.2. The van der Waals surface area contributed by atoms with E-state index in [0.29, 0.717) is 80.4 Å². The van der Waals surface area contributed by atoms with Gasteiger partial charge in [-0.2, -0.15) is 4.31 Å². The van der Waals surface area contributed by atoms with E-state index in [1.54, 1.807) is 31.3 Å². The summed E-state index contributed by atoms with van der Waals surface area (Å²) in [6.45, 7) is 2.79. The molecule has 4 heterocycles. The zero-order valence-corrected chi connectivity index (χ0v) is 24.8. The molecule has 2 fully saturated rings. The van der Waals surface area contributed by atoms with Gasteiger partial charge >= 0.3 is 0 Å². The van der Waals surface area contributed by atoms with Crippen LogP contribution in [-0.4, -0.2) is 99.6 Å². The van der Waals surface area contributed by atoms with E-state index in [-0.39, 0.29) is 23.8 Å². The average molecular weight is 595 g/mol. The summed E-state index contributed by atoms with van der Waals surface area (Å²) in [7, 11) is -0.0936. The molecule has 6 rings (SSSR count). The molecular weight excluding hydrogens is 560 g/mol. The SMILES string of the molecule is COc1cc(C(=O)N2CCC3(CC2)CC(=O)c2cc(N4CCN(S(C)(=O)=O)CC4)ccc2O3)nc2c(OC)cccc12. The largest absolute Gasteiger partial charge is 0.496 e. The molecule has 2 aromatic carbocycles. The number of benzene rings is 2. The predicted molar refractivity (Wildman–Crippen MR) is 157 cm³/mol. The number of fused-ring (bicyclic) bond motifs is 2. The van der Waals surface area contributed by atoms with E-state index >= 15 is 0 Å². The second kappa shape index (κ2) is 10.7. The van der Waals surface area contributed by atoms with E-state index in [1.165, 1.54) is 10.6 Å². The molecule has 11 nitrogen and oxygen atoms in total. The second-order valence-electron chi connectivity index (χ2n) is 11.1. The molecule has 1 spiro atoms. The third-order valence-corrected chi connectivity index (χ3v) is 9.83. The number of amides is 1. The summed E-state index contributed by atoms with van der Waals surface area (Å²) < 4.78 is 42.7. The van der Waals surface area contributed by atoms with Crippen molar-refractivity contribution in [2.75, 3.05) is 64.6 Å². The summed E-state index contributed by atoms with van der Waals surface area (Å²) in [6, 6.07) is 12.8. The number of para-hydroxylation sites is 1. The highest BCUT2D eigenvalue weighted by Gasteiger charge is 2.44. The van der Waals surface area contributed by atoms with Crippen LogP contribution in [-0.2, 0) is 10.0 Å². The first-order valence-electron chi connectivity index (χ1n) is 14.0. The van der Waals surface area contributed by atoms with Crippen LogP contribution in [0.2, 0.25) is 0 Å². The van der Waals surface area contributed by atoms with Crippen LogP contribution in [0, 0.1) is 0 Å². The van der Waals surface area contributed by atoms with Crippen LogP contribution in [0.15, 0.2) is 42.5 Å². The Labute approximate surface area is 245 Å². The van der Waals surface area contributed by atoms with Crippen LogP contribution < -0.4 is 19.1 Å². The molecule has 12 heteroatoms. The van der Waals surface area contributed by atoms with Crippen LogP contribution in [0.1, 0.15) is 40.1 Å². The number of anilines is 1. The summed E-state index contributed by atoms with van der Waals surface area (Å²) in [5, 5.41) is 0.762. The summed E-state index contributed by atoms with van der Waals surface area (Å²) in [4.78, 5) is 35.4. The number of rotatable bonds is 5. The molecule has 0 radical (unpaired) electrons. The third kappa shape index (κ3) is 5.13. The maximum absolute atomic E-state index is 13.5. The van der Waals surface area contributed by atoms with E-state index in [9.17, 15) is 18.0 Å². The lowest BCUT2D eigenvalue weighted by atomic mass is 9.82. The Bertz CT molecular complexity index is 1660. The lowest BCUT2D eigenvalue weighted by molar-refractivity contribution is -0.00584. The number of piperidine rings is 1. The molecule has 0 N–H and O–H groups in total. The summed E-state index contributed by atoms with van der Waals surface area (Å²) in [5.41, 5.74) is 1.59. The first-order valence-corrected chi connectivity index (χ1v) is 15.8. The maximum atomic E-state index is 13.5. The van der Waals surface area contributed by atoms with Gasteiger partial charge in [0.15, 0.2) is 5.78 Å². The normalized spacial score (nSPS) is 19.0. The molecule has 0 bridgehead atoms. The highest BCUT2D eigenvalue weighted by atomic mass is 32.2. The number of Topliss-reactive ketones (excluding diaryl/α,β-unsaturated/α-hetero) is 1. The number of pyridine rings is 1. The fourth-order valence-electron chi connectivity index (χ4n) is 6.15. The molecule has 1 amide bonds. The van der Waals surface area contributed by atoms with E-state index in [1.807, 2.05) is 30.3 Å². The van der Waals surface area contributed by atoms with Gasteiger partial charge in [0.05, 0.1) is 32.5 Å². The Morgan fingerprint density at radius 2 is 1.67 bits per heavy atom. The molecule has 1 aromatic heterocycles. The Morgan fingerprint density at radius 1 is 0.952 bits per heavy atom. The topological polar surface area (TPSA) is 119 Å². The number of hydrogen-bond acceptors (Lipinski definition) is 9. The van der Waals surface area contributed by atoms with Gasteiger partial charge in [0.2, 0.25) is 10.0 Å². The van der Waals surface area contributed by atoms with E-state index in [2.05, 4.69) is 9.88 Å². The molecule has 0 atom stereocenters. The average Bonchev–Trinajstić information content (AvgIpc) is 2.99. The molecule has 3 aromatic rings. The zero-order valence-electron chi connectivity index (χ0n) is 24.0. The van der Waals surface area contributed by atoms with Gasteiger partial charge in [-0.05, 0) is 30.3 Å². The molecule has 0 aliphatic carbocycles. The van der Waals surface area contributed by atoms with Crippen molar-refractivity contribution in [1.29, 1.82) is 0 Å². The van der Waals surface area contributed by atoms with Gasteiger partial charge in [0, 0.05) is 69.3 Å². The third-order valence-electron chi connectivity index (χ3n) is 8.53. The number of sulfonamides is 1. The molecular formula is C30H34N4O7S. The summed E-state index contributed by atoms with van der Waals surface area (Å²) in [6.07, 6.45) is 2.51. The number of methoxy groups -OCH3 is 2. The number of nitrogens with zero attached hydrogens (tertiary/aromatic N) is 4. The van der Waals surface area contributed by atoms with Crippen LogP contribution in [0.25, 0.3) is 10.9 Å². The number of ether oxygens (including phenoxy) is 3. The van der Waals surface area contributed by atoms with Gasteiger partial charge in [-0.15, -0.1) is 0 Å². The van der Waals surface area contributed by atoms with Crippen molar-refractivity contribution >= 4 is 38.3 Å². The lowest BCUT2D eigenvalue weighted by Gasteiger charge is -2.44. The van der Waals surface area contributed by atoms with Crippen molar-refractivity contribution in [3.63, 3.8) is 0 Å². The highest BCUT2D eigenvalue weighted by molar-refractivity contribution is 7.88. The van der Waals surface area contributed by atoms with Crippen molar-refractivity contribution in [2.24, 2.45) is 0 Å². The fraction of sp³-hybridized carbons (Fsp3) is 0.433. The summed E-state index contributed by atoms with van der Waals surface area (Å²) >= 11 is 0. The van der Waals surface area contributed by atoms with Gasteiger partial charge in [-0.3, -0.25) is 9.59 Å². The van der Waals surface area contributed by atoms with Gasteiger partial charge < -0.3 is 24.0 Å². The smallest absolute Gasteiger partial charge is 0.272 e. The van der Waals surface area contributed by atoms with Crippen molar-refractivity contribution < 1.29 is 32.2 Å². The monoisotopic (exact) mass is 594 g/mol. The van der Waals surface area contributed by atoms with Crippen LogP contribution >= 0.6 is 0 Å². The van der Waals surface area contributed by atoms with E-state index in [0.717, 1.165) is 11.1 Å². The molecule has 3 aliphatic rings. The Kier molecular flexibility index (Phi) is 7.22. The fourth-order valence-corrected chi connectivity index (χ4v) is 6.98. The minimum absolute atomic E-state index is 0.0145. The van der Waals surface area contributed by atoms with Crippen molar-refractivity contribution in [3.8, 4) is 17.2 Å². The summed E-state index contributed by atoms with van der Waals surface area (Å²) in [5.74, 6) is 1.47. The minimum Gasteiger partial charge on any atom is -0.496 e. The Morgan fingerprint density at radius 3 is 2.33 bits per heavy atom. The van der Waals surface area contributed by atoms with Crippen LogP contribution in [0.3, 0.4) is 0 Å². The van der Waals surface area contributed by atoms with Crippen molar-refractivity contribution in [2.45, 2.75) is 24.9 Å². The van der Waals surface area contributed by atoms with E-state index in [4.69, 9.17) is 14.2 Å². The van der Waals surface area contributed by atoms with Crippen molar-refractivity contribution in [3.05, 3.63) is 53.7 Å². The molecule has 222 valence electrons. The van der Waals surface area contributed by atoms with Crippen LogP contribution in [0.5, 0.6) is 17.2 Å². The quantitative estimate of drug-likeness (QED) is 0.439. The lowest BCUT2D eigenvalue weighted by Crippen LogP contribution is -2.52. The predicted octanol–water partition coefficient (Wildman–Crippen LogP) is 2.97. The minimum atomic E-state index is -3.22.